The number of aliphatic hydroxyl groups is 1. The summed E-state index contributed by atoms with van der Waals surface area (Å²) < 4.78 is 47.2. The molecule has 1 saturated heterocycles. The van der Waals surface area contributed by atoms with Crippen molar-refractivity contribution in [3.63, 3.8) is 0 Å². The molecule has 1 fully saturated rings. The van der Waals surface area contributed by atoms with Gasteiger partial charge in [-0.05, 0) is 18.1 Å². The lowest BCUT2D eigenvalue weighted by atomic mass is 9.97. The zero-order valence-electron chi connectivity index (χ0n) is 11.7. The molecule has 0 unspecified atom stereocenters. The second-order valence-electron chi connectivity index (χ2n) is 5.24. The number of hydrogen-bond acceptors (Lipinski definition) is 5. The van der Waals surface area contributed by atoms with Crippen LogP contribution in [0.25, 0.3) is 0 Å². The van der Waals surface area contributed by atoms with E-state index >= 15 is 0 Å². The molecular formula is C14H12F3N3O2S. The second-order valence-corrected chi connectivity index (χ2v) is 5.80. The van der Waals surface area contributed by atoms with Gasteiger partial charge in [0.15, 0.2) is 5.69 Å². The van der Waals surface area contributed by atoms with Crippen molar-refractivity contribution in [1.82, 2.24) is 13.6 Å². The lowest BCUT2D eigenvalue weighted by Crippen LogP contribution is -2.32. The summed E-state index contributed by atoms with van der Waals surface area (Å²) in [7, 11) is 0. The Hall–Kier alpha value is -2.00. The maximum Gasteiger partial charge on any atom is 0.416 e. The molecule has 1 aromatic heterocycles. The Balaban J connectivity index is 2.00. The topological polar surface area (TPSA) is 66.3 Å². The molecule has 23 heavy (non-hydrogen) atoms. The molecule has 0 bridgehead atoms. The number of likely N-dealkylation sites (tertiary alicyclic amines) is 1. The Bertz CT molecular complexity index is 706. The van der Waals surface area contributed by atoms with Gasteiger partial charge in [0.2, 0.25) is 0 Å². The zero-order valence-corrected chi connectivity index (χ0v) is 12.5. The molecule has 0 radical (unpaired) electrons. The summed E-state index contributed by atoms with van der Waals surface area (Å²) in [6, 6.07) is 4.26. The Morgan fingerprint density at radius 3 is 2.74 bits per heavy atom. The number of carbonyl (C=O) groups is 1. The van der Waals surface area contributed by atoms with Crippen LogP contribution in [0.5, 0.6) is 0 Å². The van der Waals surface area contributed by atoms with Crippen LogP contribution >= 0.6 is 11.7 Å². The van der Waals surface area contributed by atoms with E-state index in [1.165, 1.54) is 29.3 Å². The highest BCUT2D eigenvalue weighted by atomic mass is 32.1. The standard InChI is InChI=1S/C14H12F3N3O2S/c15-14(16,17)10-4-2-1-3-9(10)12-5-8(21)7-20(12)13(22)11-6-18-23-19-11/h1-4,6,8,12,21H,5,7H2/t8-,12-/m1/s1. The minimum absolute atomic E-state index is 0.0203. The fourth-order valence-electron chi connectivity index (χ4n) is 2.78. The number of carbonyl (C=O) groups excluding carboxylic acids is 1. The highest BCUT2D eigenvalue weighted by Crippen LogP contribution is 2.40. The van der Waals surface area contributed by atoms with E-state index in [4.69, 9.17) is 0 Å². The molecule has 3 rings (SSSR count). The van der Waals surface area contributed by atoms with Crippen molar-refractivity contribution in [3.05, 3.63) is 47.3 Å². The summed E-state index contributed by atoms with van der Waals surface area (Å²) in [5.74, 6) is -0.530. The van der Waals surface area contributed by atoms with Gasteiger partial charge in [-0.25, -0.2) is 0 Å². The minimum Gasteiger partial charge on any atom is -0.391 e. The average molecular weight is 343 g/mol. The molecular weight excluding hydrogens is 331 g/mol. The first kappa shape index (κ1) is 15.9. The summed E-state index contributed by atoms with van der Waals surface area (Å²) >= 11 is 0.842. The van der Waals surface area contributed by atoms with Crippen molar-refractivity contribution in [1.29, 1.82) is 0 Å². The van der Waals surface area contributed by atoms with Gasteiger partial charge in [0.1, 0.15) is 0 Å². The van der Waals surface area contributed by atoms with Crippen molar-refractivity contribution in [2.75, 3.05) is 6.54 Å². The number of aliphatic hydroxyl groups excluding tert-OH is 1. The first-order valence-electron chi connectivity index (χ1n) is 6.80. The van der Waals surface area contributed by atoms with E-state index in [9.17, 15) is 23.1 Å². The molecule has 1 aliphatic rings. The van der Waals surface area contributed by atoms with Gasteiger partial charge in [0.05, 0.1) is 35.6 Å². The van der Waals surface area contributed by atoms with E-state index in [1.54, 1.807) is 0 Å². The molecule has 0 aliphatic carbocycles. The van der Waals surface area contributed by atoms with E-state index in [-0.39, 0.29) is 24.2 Å². The largest absolute Gasteiger partial charge is 0.416 e. The Kier molecular flexibility index (Phi) is 4.07. The van der Waals surface area contributed by atoms with Crippen LogP contribution in [0.4, 0.5) is 13.2 Å². The first-order valence-corrected chi connectivity index (χ1v) is 7.53. The van der Waals surface area contributed by atoms with E-state index in [2.05, 4.69) is 8.75 Å². The number of hydrogen-bond donors (Lipinski definition) is 1. The van der Waals surface area contributed by atoms with Crippen LogP contribution in [-0.2, 0) is 6.18 Å². The summed E-state index contributed by atoms with van der Waals surface area (Å²) in [5, 5.41) is 9.86. The number of benzene rings is 1. The molecule has 1 N–H and O–H groups in total. The van der Waals surface area contributed by atoms with Gasteiger partial charge in [0, 0.05) is 6.54 Å². The summed E-state index contributed by atoms with van der Waals surface area (Å²) in [5.41, 5.74) is -0.750. The summed E-state index contributed by atoms with van der Waals surface area (Å²) in [4.78, 5) is 13.7. The third-order valence-corrected chi connectivity index (χ3v) is 4.22. The predicted molar refractivity (Wildman–Crippen MR) is 75.8 cm³/mol. The van der Waals surface area contributed by atoms with Crippen molar-refractivity contribution < 1.29 is 23.1 Å². The summed E-state index contributed by atoms with van der Waals surface area (Å²) in [6.45, 7) is -0.0345. The third kappa shape index (κ3) is 3.06. The van der Waals surface area contributed by atoms with E-state index in [1.807, 2.05) is 0 Å². The molecule has 1 amide bonds. The number of rotatable bonds is 2. The number of amides is 1. The molecule has 0 saturated carbocycles. The lowest BCUT2D eigenvalue weighted by molar-refractivity contribution is -0.138. The maximum atomic E-state index is 13.2. The van der Waals surface area contributed by atoms with E-state index in [0.29, 0.717) is 0 Å². The van der Waals surface area contributed by atoms with E-state index in [0.717, 1.165) is 17.8 Å². The quantitative estimate of drug-likeness (QED) is 0.910. The van der Waals surface area contributed by atoms with Gasteiger partial charge in [-0.15, -0.1) is 0 Å². The fourth-order valence-corrected chi connectivity index (χ4v) is 3.19. The third-order valence-electron chi connectivity index (χ3n) is 3.75. The number of nitrogens with zero attached hydrogens (tertiary/aromatic N) is 3. The first-order chi connectivity index (χ1) is 10.9. The van der Waals surface area contributed by atoms with Crippen LogP contribution in [0.3, 0.4) is 0 Å². The molecule has 2 atom stereocenters. The highest BCUT2D eigenvalue weighted by molar-refractivity contribution is 6.99. The number of β-amino-alcohol motifs (C(OH)–C–C–N with tert-alkyl or cyclic N) is 1. The van der Waals surface area contributed by atoms with Crippen LogP contribution in [0.2, 0.25) is 0 Å². The monoisotopic (exact) mass is 343 g/mol. The van der Waals surface area contributed by atoms with Gasteiger partial charge >= 0.3 is 6.18 Å². The fraction of sp³-hybridized carbons (Fsp3) is 0.357. The van der Waals surface area contributed by atoms with Crippen molar-refractivity contribution in [2.45, 2.75) is 24.7 Å². The molecule has 9 heteroatoms. The van der Waals surface area contributed by atoms with Crippen molar-refractivity contribution >= 4 is 17.6 Å². The number of aromatic nitrogens is 2. The van der Waals surface area contributed by atoms with Crippen molar-refractivity contribution in [2.24, 2.45) is 0 Å². The van der Waals surface area contributed by atoms with Gasteiger partial charge in [-0.2, -0.15) is 21.9 Å². The predicted octanol–water partition coefficient (Wildman–Crippen LogP) is 2.51. The van der Waals surface area contributed by atoms with Gasteiger partial charge in [0.25, 0.3) is 5.91 Å². The Morgan fingerprint density at radius 2 is 2.09 bits per heavy atom. The van der Waals surface area contributed by atoms with Crippen molar-refractivity contribution in [3.8, 4) is 0 Å². The SMILES string of the molecule is O=C(c1cnsn1)N1C[C@H](O)C[C@@H]1c1ccccc1C(F)(F)F. The molecule has 0 spiro atoms. The number of alkyl halides is 3. The molecule has 122 valence electrons. The number of halogens is 3. The zero-order chi connectivity index (χ0) is 16.6. The molecule has 2 heterocycles. The molecule has 1 aromatic carbocycles. The second kappa shape index (κ2) is 5.89. The maximum absolute atomic E-state index is 13.2. The molecule has 2 aromatic rings. The summed E-state index contributed by atoms with van der Waals surface area (Å²) in [6.07, 6.45) is -4.08. The van der Waals surface area contributed by atoms with Gasteiger partial charge in [-0.3, -0.25) is 4.79 Å². The van der Waals surface area contributed by atoms with Crippen LogP contribution in [0, 0.1) is 0 Å². The van der Waals surface area contributed by atoms with Crippen LogP contribution in [0.15, 0.2) is 30.5 Å². The highest BCUT2D eigenvalue weighted by Gasteiger charge is 2.41. The Labute approximate surface area is 133 Å². The van der Waals surface area contributed by atoms with Gasteiger partial charge < -0.3 is 10.0 Å². The van der Waals surface area contributed by atoms with Crippen LogP contribution in [0.1, 0.15) is 34.1 Å². The molecule has 5 nitrogen and oxygen atoms in total. The van der Waals surface area contributed by atoms with E-state index < -0.39 is 29.8 Å². The van der Waals surface area contributed by atoms with Gasteiger partial charge in [-0.1, -0.05) is 18.2 Å². The normalized spacial score (nSPS) is 21.7. The van der Waals surface area contributed by atoms with Crippen LogP contribution in [-0.4, -0.2) is 37.3 Å². The Morgan fingerprint density at radius 1 is 1.35 bits per heavy atom. The smallest absolute Gasteiger partial charge is 0.391 e. The molecule has 1 aliphatic heterocycles. The average Bonchev–Trinajstić information content (AvgIpc) is 3.15. The lowest BCUT2D eigenvalue weighted by Gasteiger charge is -2.26. The minimum atomic E-state index is -4.53. The van der Waals surface area contributed by atoms with Crippen LogP contribution < -0.4 is 0 Å².